The van der Waals surface area contributed by atoms with E-state index in [-0.39, 0.29) is 11.9 Å². The molecule has 1 aromatic heterocycles. The monoisotopic (exact) mass is 312 g/mol. The van der Waals surface area contributed by atoms with Gasteiger partial charge in [-0.15, -0.1) is 17.9 Å². The van der Waals surface area contributed by atoms with Crippen LogP contribution >= 0.6 is 22.9 Å². The summed E-state index contributed by atoms with van der Waals surface area (Å²) in [6.07, 6.45) is 4.03. The molecule has 0 aromatic carbocycles. The van der Waals surface area contributed by atoms with Crippen LogP contribution in [0.4, 0.5) is 0 Å². The van der Waals surface area contributed by atoms with E-state index in [9.17, 15) is 4.79 Å². The van der Waals surface area contributed by atoms with Crippen molar-refractivity contribution in [2.75, 3.05) is 13.1 Å². The van der Waals surface area contributed by atoms with Crippen molar-refractivity contribution in [3.8, 4) is 0 Å². The molecule has 1 N–H and O–H groups in total. The highest BCUT2D eigenvalue weighted by Crippen LogP contribution is 2.24. The zero-order chi connectivity index (χ0) is 14.5. The van der Waals surface area contributed by atoms with Crippen LogP contribution in [0.3, 0.4) is 0 Å². The van der Waals surface area contributed by atoms with E-state index < -0.39 is 0 Å². The van der Waals surface area contributed by atoms with E-state index in [1.807, 2.05) is 17.0 Å². The second-order valence-electron chi connectivity index (χ2n) is 5.26. The van der Waals surface area contributed by atoms with Crippen LogP contribution in [0, 0.1) is 5.92 Å². The molecule has 0 radical (unpaired) electrons. The summed E-state index contributed by atoms with van der Waals surface area (Å²) < 4.78 is 0.759. The highest BCUT2D eigenvalue weighted by molar-refractivity contribution is 7.16. The lowest BCUT2D eigenvalue weighted by molar-refractivity contribution is -0.135. The van der Waals surface area contributed by atoms with Gasteiger partial charge in [0.05, 0.1) is 16.9 Å². The summed E-state index contributed by atoms with van der Waals surface area (Å²) in [5, 5.41) is 3.35. The predicted molar refractivity (Wildman–Crippen MR) is 85.1 cm³/mol. The highest BCUT2D eigenvalue weighted by atomic mass is 35.5. The lowest BCUT2D eigenvalue weighted by atomic mass is 9.92. The van der Waals surface area contributed by atoms with E-state index in [4.69, 9.17) is 11.6 Å². The Kier molecular flexibility index (Phi) is 5.64. The maximum atomic E-state index is 12.7. The largest absolute Gasteiger partial charge is 0.332 e. The van der Waals surface area contributed by atoms with E-state index >= 15 is 0 Å². The number of halogens is 1. The lowest BCUT2D eigenvalue weighted by Crippen LogP contribution is -2.52. The van der Waals surface area contributed by atoms with Gasteiger partial charge in [-0.3, -0.25) is 4.79 Å². The minimum absolute atomic E-state index is 0.0702. The minimum Gasteiger partial charge on any atom is -0.332 e. The third kappa shape index (κ3) is 3.84. The fourth-order valence-corrected chi connectivity index (χ4v) is 3.69. The van der Waals surface area contributed by atoms with Crippen molar-refractivity contribution >= 4 is 28.8 Å². The molecule has 2 unspecified atom stereocenters. The van der Waals surface area contributed by atoms with Gasteiger partial charge in [0.1, 0.15) is 0 Å². The van der Waals surface area contributed by atoms with Crippen molar-refractivity contribution in [3.63, 3.8) is 0 Å². The summed E-state index contributed by atoms with van der Waals surface area (Å²) in [5.74, 6) is 0.553. The second kappa shape index (κ2) is 7.25. The number of rotatable bonds is 5. The quantitative estimate of drug-likeness (QED) is 0.846. The molecule has 110 valence electrons. The molecule has 20 heavy (non-hydrogen) atoms. The number of thiophene rings is 1. The zero-order valence-electron chi connectivity index (χ0n) is 11.8. The van der Waals surface area contributed by atoms with Crippen LogP contribution in [0.1, 0.15) is 24.6 Å². The van der Waals surface area contributed by atoms with E-state index in [1.54, 1.807) is 6.08 Å². The maximum absolute atomic E-state index is 12.7. The molecule has 2 rings (SSSR count). The van der Waals surface area contributed by atoms with Crippen LogP contribution in [-0.4, -0.2) is 29.9 Å². The molecule has 5 heteroatoms. The molecule has 2 atom stereocenters. The number of amides is 1. The fourth-order valence-electron chi connectivity index (χ4n) is 2.59. The Balaban J connectivity index is 2.06. The van der Waals surface area contributed by atoms with Crippen molar-refractivity contribution in [1.82, 2.24) is 10.2 Å². The molecule has 1 aliphatic heterocycles. The van der Waals surface area contributed by atoms with Crippen molar-refractivity contribution in [1.29, 1.82) is 0 Å². The van der Waals surface area contributed by atoms with Gasteiger partial charge in [-0.05, 0) is 37.4 Å². The van der Waals surface area contributed by atoms with Crippen LogP contribution in [-0.2, 0) is 11.3 Å². The molecule has 3 nitrogen and oxygen atoms in total. The standard InChI is InChI=1S/C15H21ClN2OS/c1-3-9-18(10-12-6-7-13(16)20-12)15(19)14-11(2)5-4-8-17-14/h3,6-7,11,14,17H,1,4-5,8-10H2,2H3. The first-order valence-electron chi connectivity index (χ1n) is 6.99. The highest BCUT2D eigenvalue weighted by Gasteiger charge is 2.30. The van der Waals surface area contributed by atoms with E-state index in [2.05, 4.69) is 18.8 Å². The zero-order valence-corrected chi connectivity index (χ0v) is 13.3. The molecule has 1 aliphatic rings. The number of nitrogens with one attached hydrogen (secondary N) is 1. The van der Waals surface area contributed by atoms with Crippen molar-refractivity contribution < 1.29 is 4.79 Å². The number of carbonyl (C=O) groups is 1. The molecule has 0 spiro atoms. The maximum Gasteiger partial charge on any atom is 0.240 e. The van der Waals surface area contributed by atoms with E-state index in [0.717, 1.165) is 28.6 Å². The average molecular weight is 313 g/mol. The Morgan fingerprint density at radius 3 is 3.05 bits per heavy atom. The van der Waals surface area contributed by atoms with Crippen LogP contribution in [0.5, 0.6) is 0 Å². The second-order valence-corrected chi connectivity index (χ2v) is 7.06. The van der Waals surface area contributed by atoms with Crippen molar-refractivity contribution in [2.24, 2.45) is 5.92 Å². The van der Waals surface area contributed by atoms with Crippen molar-refractivity contribution in [3.05, 3.63) is 34.0 Å². The van der Waals surface area contributed by atoms with Gasteiger partial charge in [-0.1, -0.05) is 24.6 Å². The van der Waals surface area contributed by atoms with Gasteiger partial charge in [-0.25, -0.2) is 0 Å². The van der Waals surface area contributed by atoms with E-state index in [0.29, 0.717) is 19.0 Å². The van der Waals surface area contributed by atoms with Gasteiger partial charge in [0.2, 0.25) is 5.91 Å². The lowest BCUT2D eigenvalue weighted by Gasteiger charge is -2.33. The predicted octanol–water partition coefficient (Wildman–Crippen LogP) is 3.30. The summed E-state index contributed by atoms with van der Waals surface area (Å²) in [4.78, 5) is 15.7. The van der Waals surface area contributed by atoms with Gasteiger partial charge in [0.15, 0.2) is 0 Å². The molecule has 1 amide bonds. The third-order valence-electron chi connectivity index (χ3n) is 3.67. The van der Waals surface area contributed by atoms with Gasteiger partial charge in [-0.2, -0.15) is 0 Å². The van der Waals surface area contributed by atoms with Crippen LogP contribution in [0.25, 0.3) is 0 Å². The number of hydrogen-bond acceptors (Lipinski definition) is 3. The third-order valence-corrected chi connectivity index (χ3v) is 4.89. The van der Waals surface area contributed by atoms with Crippen molar-refractivity contribution in [2.45, 2.75) is 32.4 Å². The Morgan fingerprint density at radius 2 is 2.45 bits per heavy atom. The summed E-state index contributed by atoms with van der Waals surface area (Å²) in [7, 11) is 0. The molecule has 0 bridgehead atoms. The SMILES string of the molecule is C=CCN(Cc1ccc(Cl)s1)C(=O)C1NCCCC1C. The normalized spacial score (nSPS) is 22.5. The Labute approximate surface area is 129 Å². The summed E-state index contributed by atoms with van der Waals surface area (Å²) in [6.45, 7) is 8.00. The smallest absolute Gasteiger partial charge is 0.240 e. The van der Waals surface area contributed by atoms with Gasteiger partial charge >= 0.3 is 0 Å². The Bertz CT molecular complexity index is 474. The molecule has 0 aliphatic carbocycles. The molecular weight excluding hydrogens is 292 g/mol. The number of hydrogen-bond donors (Lipinski definition) is 1. The summed E-state index contributed by atoms with van der Waals surface area (Å²) >= 11 is 7.48. The van der Waals surface area contributed by atoms with Crippen LogP contribution < -0.4 is 5.32 Å². The first kappa shape index (κ1) is 15.5. The fraction of sp³-hybridized carbons (Fsp3) is 0.533. The number of nitrogens with zero attached hydrogens (tertiary/aromatic N) is 1. The first-order valence-corrected chi connectivity index (χ1v) is 8.18. The topological polar surface area (TPSA) is 32.3 Å². The first-order chi connectivity index (χ1) is 9.61. The number of piperidine rings is 1. The van der Waals surface area contributed by atoms with E-state index in [1.165, 1.54) is 11.3 Å². The van der Waals surface area contributed by atoms with Gasteiger partial charge in [0, 0.05) is 11.4 Å². The Hall–Kier alpha value is -0.840. The summed E-state index contributed by atoms with van der Waals surface area (Å²) in [6, 6.07) is 3.78. The molecule has 0 saturated carbocycles. The Morgan fingerprint density at radius 1 is 1.65 bits per heavy atom. The minimum atomic E-state index is -0.0702. The molecule has 1 saturated heterocycles. The molecule has 1 fully saturated rings. The van der Waals surface area contributed by atoms with Crippen LogP contribution in [0.15, 0.2) is 24.8 Å². The molecule has 1 aromatic rings. The molecular formula is C15H21ClN2OS. The van der Waals surface area contributed by atoms with Gasteiger partial charge in [0.25, 0.3) is 0 Å². The average Bonchev–Trinajstić information content (AvgIpc) is 2.83. The van der Waals surface area contributed by atoms with Crippen LogP contribution in [0.2, 0.25) is 4.34 Å². The number of carbonyl (C=O) groups excluding carboxylic acids is 1. The summed E-state index contributed by atoms with van der Waals surface area (Å²) in [5.41, 5.74) is 0. The molecule has 2 heterocycles. The van der Waals surface area contributed by atoms with Gasteiger partial charge < -0.3 is 10.2 Å².